The lowest BCUT2D eigenvalue weighted by Crippen LogP contribution is -2.24. The maximum Gasteiger partial charge on any atom is 0.251 e. The number of nitrogens with one attached hydrogen (secondary N) is 1. The summed E-state index contributed by atoms with van der Waals surface area (Å²) in [4.78, 5) is 11.9. The predicted molar refractivity (Wildman–Crippen MR) is 89.7 cm³/mol. The zero-order valence-electron chi connectivity index (χ0n) is 12.6. The van der Waals surface area contributed by atoms with Gasteiger partial charge in [-0.25, -0.2) is 0 Å². The highest BCUT2D eigenvalue weighted by Crippen LogP contribution is 2.15. The molecule has 0 atom stereocenters. The van der Waals surface area contributed by atoms with Gasteiger partial charge in [0.15, 0.2) is 0 Å². The fourth-order valence-electron chi connectivity index (χ4n) is 1.96. The first kappa shape index (κ1) is 16.4. The normalized spacial score (nSPS) is 10.3. The second kappa shape index (κ2) is 8.44. The number of hydrogen-bond acceptors (Lipinski definition) is 2. The van der Waals surface area contributed by atoms with Gasteiger partial charge in [0.2, 0.25) is 0 Å². The van der Waals surface area contributed by atoms with E-state index < -0.39 is 0 Å². The highest BCUT2D eigenvalue weighted by atomic mass is 35.5. The lowest BCUT2D eigenvalue weighted by Gasteiger charge is -2.07. The van der Waals surface area contributed by atoms with Crippen molar-refractivity contribution in [2.75, 3.05) is 13.2 Å². The Morgan fingerprint density at radius 1 is 1.05 bits per heavy atom. The number of aryl methyl sites for hydroxylation is 1. The maximum atomic E-state index is 11.9. The predicted octanol–water partition coefficient (Wildman–Crippen LogP) is 4.24. The number of carbonyl (C=O) groups is 1. The highest BCUT2D eigenvalue weighted by molar-refractivity contribution is 6.30. The van der Waals surface area contributed by atoms with Crippen LogP contribution in [0.2, 0.25) is 5.02 Å². The average molecular weight is 318 g/mol. The molecule has 0 aliphatic carbocycles. The Morgan fingerprint density at radius 2 is 1.73 bits per heavy atom. The fourth-order valence-corrected chi connectivity index (χ4v) is 2.08. The molecular formula is C18H20ClNO2. The summed E-state index contributed by atoms with van der Waals surface area (Å²) >= 11 is 5.81. The number of benzene rings is 2. The van der Waals surface area contributed by atoms with Crippen molar-refractivity contribution in [1.29, 1.82) is 0 Å². The smallest absolute Gasteiger partial charge is 0.251 e. The third kappa shape index (κ3) is 5.41. The maximum absolute atomic E-state index is 11.9. The van der Waals surface area contributed by atoms with Crippen LogP contribution in [0.5, 0.6) is 5.75 Å². The van der Waals surface area contributed by atoms with Gasteiger partial charge in [-0.3, -0.25) is 4.79 Å². The second-order valence-electron chi connectivity index (χ2n) is 5.13. The van der Waals surface area contributed by atoms with Crippen LogP contribution in [0, 0.1) is 6.92 Å². The SMILES string of the molecule is Cc1ccc(C(=O)NCCCCOc2ccc(Cl)cc2)cc1. The Hall–Kier alpha value is -2.00. The molecule has 2 rings (SSSR count). The van der Waals surface area contributed by atoms with Crippen molar-refractivity contribution in [2.45, 2.75) is 19.8 Å². The van der Waals surface area contributed by atoms with Crippen LogP contribution < -0.4 is 10.1 Å². The summed E-state index contributed by atoms with van der Waals surface area (Å²) in [7, 11) is 0. The van der Waals surface area contributed by atoms with Crippen LogP contribution in [0.3, 0.4) is 0 Å². The molecular weight excluding hydrogens is 298 g/mol. The Labute approximate surface area is 136 Å². The first-order chi connectivity index (χ1) is 10.6. The number of ether oxygens (including phenoxy) is 1. The molecule has 0 fully saturated rings. The van der Waals surface area contributed by atoms with E-state index in [1.165, 1.54) is 0 Å². The van der Waals surface area contributed by atoms with Gasteiger partial charge < -0.3 is 10.1 Å². The Morgan fingerprint density at radius 3 is 2.41 bits per heavy atom. The average Bonchev–Trinajstić information content (AvgIpc) is 2.53. The first-order valence-corrected chi connectivity index (χ1v) is 7.76. The zero-order valence-corrected chi connectivity index (χ0v) is 13.4. The molecule has 0 aliphatic rings. The molecule has 4 heteroatoms. The van der Waals surface area contributed by atoms with Gasteiger partial charge in [0.05, 0.1) is 6.61 Å². The number of rotatable bonds is 7. The molecule has 0 heterocycles. The minimum atomic E-state index is -0.0291. The quantitative estimate of drug-likeness (QED) is 0.776. The van der Waals surface area contributed by atoms with Gasteiger partial charge in [-0.05, 0) is 56.2 Å². The van der Waals surface area contributed by atoms with E-state index in [0.717, 1.165) is 24.2 Å². The van der Waals surface area contributed by atoms with Crippen molar-refractivity contribution in [3.05, 3.63) is 64.7 Å². The van der Waals surface area contributed by atoms with Crippen molar-refractivity contribution in [3.8, 4) is 5.75 Å². The summed E-state index contributed by atoms with van der Waals surface area (Å²) in [6, 6.07) is 14.9. The number of unbranched alkanes of at least 4 members (excludes halogenated alkanes) is 1. The molecule has 0 spiro atoms. The third-order valence-electron chi connectivity index (χ3n) is 3.25. The Kier molecular flexibility index (Phi) is 6.28. The van der Waals surface area contributed by atoms with E-state index in [1.54, 1.807) is 12.1 Å². The van der Waals surface area contributed by atoms with Gasteiger partial charge in [-0.1, -0.05) is 29.3 Å². The topological polar surface area (TPSA) is 38.3 Å². The first-order valence-electron chi connectivity index (χ1n) is 7.38. The van der Waals surface area contributed by atoms with Crippen LogP contribution in [0.1, 0.15) is 28.8 Å². The minimum absolute atomic E-state index is 0.0291. The van der Waals surface area contributed by atoms with Gasteiger partial charge in [-0.15, -0.1) is 0 Å². The Balaban J connectivity index is 1.60. The van der Waals surface area contributed by atoms with E-state index in [2.05, 4.69) is 5.32 Å². The number of carbonyl (C=O) groups excluding carboxylic acids is 1. The van der Waals surface area contributed by atoms with Crippen LogP contribution in [0.15, 0.2) is 48.5 Å². The second-order valence-corrected chi connectivity index (χ2v) is 5.57. The molecule has 2 aromatic rings. The fraction of sp³-hybridized carbons (Fsp3) is 0.278. The summed E-state index contributed by atoms with van der Waals surface area (Å²) in [5, 5.41) is 3.61. The number of amides is 1. The molecule has 0 unspecified atom stereocenters. The summed E-state index contributed by atoms with van der Waals surface area (Å²) in [6.07, 6.45) is 1.77. The van der Waals surface area contributed by atoms with Crippen molar-refractivity contribution in [3.63, 3.8) is 0 Å². The van der Waals surface area contributed by atoms with Gasteiger partial charge in [0.1, 0.15) is 5.75 Å². The summed E-state index contributed by atoms with van der Waals surface area (Å²) < 4.78 is 5.59. The monoisotopic (exact) mass is 317 g/mol. The van der Waals surface area contributed by atoms with E-state index >= 15 is 0 Å². The molecule has 22 heavy (non-hydrogen) atoms. The van der Waals surface area contributed by atoms with Crippen LogP contribution in [-0.2, 0) is 0 Å². The Bertz CT molecular complexity index is 593. The van der Waals surface area contributed by atoms with Gasteiger partial charge in [-0.2, -0.15) is 0 Å². The summed E-state index contributed by atoms with van der Waals surface area (Å²) in [6.45, 7) is 3.28. The molecule has 2 aromatic carbocycles. The van der Waals surface area contributed by atoms with E-state index in [1.807, 2.05) is 43.3 Å². The van der Waals surface area contributed by atoms with Crippen molar-refractivity contribution >= 4 is 17.5 Å². The highest BCUT2D eigenvalue weighted by Gasteiger charge is 2.03. The van der Waals surface area contributed by atoms with Crippen LogP contribution in [0.25, 0.3) is 0 Å². The van der Waals surface area contributed by atoms with E-state index in [4.69, 9.17) is 16.3 Å². The number of hydrogen-bond donors (Lipinski definition) is 1. The standard InChI is InChI=1S/C18H20ClNO2/c1-14-4-6-15(7-5-14)18(21)20-12-2-3-13-22-17-10-8-16(19)9-11-17/h4-11H,2-3,12-13H2,1H3,(H,20,21). The van der Waals surface area contributed by atoms with Crippen LogP contribution >= 0.6 is 11.6 Å². The minimum Gasteiger partial charge on any atom is -0.494 e. The number of halogens is 1. The molecule has 0 radical (unpaired) electrons. The van der Waals surface area contributed by atoms with Gasteiger partial charge in [0.25, 0.3) is 5.91 Å². The molecule has 0 aliphatic heterocycles. The van der Waals surface area contributed by atoms with E-state index in [9.17, 15) is 4.79 Å². The largest absolute Gasteiger partial charge is 0.494 e. The molecule has 0 aromatic heterocycles. The molecule has 0 saturated heterocycles. The molecule has 0 saturated carbocycles. The van der Waals surface area contributed by atoms with Gasteiger partial charge >= 0.3 is 0 Å². The van der Waals surface area contributed by atoms with Crippen LogP contribution in [-0.4, -0.2) is 19.1 Å². The van der Waals surface area contributed by atoms with Gasteiger partial charge in [0, 0.05) is 17.1 Å². The van der Waals surface area contributed by atoms with E-state index in [-0.39, 0.29) is 5.91 Å². The van der Waals surface area contributed by atoms with Crippen molar-refractivity contribution < 1.29 is 9.53 Å². The molecule has 1 amide bonds. The summed E-state index contributed by atoms with van der Waals surface area (Å²) in [5.41, 5.74) is 1.85. The molecule has 1 N–H and O–H groups in total. The van der Waals surface area contributed by atoms with Crippen molar-refractivity contribution in [2.24, 2.45) is 0 Å². The lowest BCUT2D eigenvalue weighted by atomic mass is 10.1. The lowest BCUT2D eigenvalue weighted by molar-refractivity contribution is 0.0952. The van der Waals surface area contributed by atoms with E-state index in [0.29, 0.717) is 23.7 Å². The van der Waals surface area contributed by atoms with Crippen LogP contribution in [0.4, 0.5) is 0 Å². The molecule has 0 bridgehead atoms. The summed E-state index contributed by atoms with van der Waals surface area (Å²) in [5.74, 6) is 0.784. The zero-order chi connectivity index (χ0) is 15.8. The molecule has 116 valence electrons. The molecule has 3 nitrogen and oxygen atoms in total. The third-order valence-corrected chi connectivity index (χ3v) is 3.50. The van der Waals surface area contributed by atoms with Crippen molar-refractivity contribution in [1.82, 2.24) is 5.32 Å².